The minimum absolute atomic E-state index is 0.674. The molecule has 1 aromatic rings. The molecule has 2 aliphatic heterocycles. The lowest BCUT2D eigenvalue weighted by atomic mass is 10.1. The standard InChI is InChI=1S/C13H20N4/c14-12-4-3-10(8-13(12)15)17-7-6-16-5-1-2-11(16)9-17/h3-4,8,11H,1-2,5-7,9,14-15H2. The second-order valence-electron chi connectivity index (χ2n) is 5.09. The molecule has 2 aliphatic rings. The van der Waals surface area contributed by atoms with E-state index in [4.69, 9.17) is 11.5 Å². The summed E-state index contributed by atoms with van der Waals surface area (Å²) < 4.78 is 0. The summed E-state index contributed by atoms with van der Waals surface area (Å²) in [6.07, 6.45) is 2.68. The van der Waals surface area contributed by atoms with Gasteiger partial charge in [0.05, 0.1) is 11.4 Å². The minimum Gasteiger partial charge on any atom is -0.397 e. The largest absolute Gasteiger partial charge is 0.397 e. The summed E-state index contributed by atoms with van der Waals surface area (Å²) in [6.45, 7) is 4.68. The predicted molar refractivity (Wildman–Crippen MR) is 72.1 cm³/mol. The van der Waals surface area contributed by atoms with Gasteiger partial charge in [-0.2, -0.15) is 0 Å². The first kappa shape index (κ1) is 10.7. The molecule has 0 bridgehead atoms. The van der Waals surface area contributed by atoms with Gasteiger partial charge in [-0.15, -0.1) is 0 Å². The van der Waals surface area contributed by atoms with Crippen LogP contribution in [0.15, 0.2) is 18.2 Å². The molecule has 92 valence electrons. The molecule has 4 nitrogen and oxygen atoms in total. The van der Waals surface area contributed by atoms with Crippen molar-refractivity contribution in [3.8, 4) is 0 Å². The fourth-order valence-electron chi connectivity index (χ4n) is 2.98. The molecule has 17 heavy (non-hydrogen) atoms. The van der Waals surface area contributed by atoms with Gasteiger partial charge in [-0.1, -0.05) is 0 Å². The first-order valence-corrected chi connectivity index (χ1v) is 6.38. The van der Waals surface area contributed by atoms with Crippen LogP contribution in [0.4, 0.5) is 17.1 Å². The van der Waals surface area contributed by atoms with Crippen molar-refractivity contribution in [1.82, 2.24) is 4.90 Å². The lowest BCUT2D eigenvalue weighted by Crippen LogP contribution is -2.50. The van der Waals surface area contributed by atoms with Gasteiger partial charge in [-0.3, -0.25) is 4.90 Å². The quantitative estimate of drug-likeness (QED) is 0.713. The van der Waals surface area contributed by atoms with E-state index in [-0.39, 0.29) is 0 Å². The van der Waals surface area contributed by atoms with Crippen LogP contribution >= 0.6 is 0 Å². The molecule has 2 fully saturated rings. The molecule has 4 heteroatoms. The Bertz CT molecular complexity index is 418. The highest BCUT2D eigenvalue weighted by Crippen LogP contribution is 2.28. The zero-order valence-corrected chi connectivity index (χ0v) is 10.1. The van der Waals surface area contributed by atoms with Crippen molar-refractivity contribution in [2.24, 2.45) is 0 Å². The number of fused-ring (bicyclic) bond motifs is 1. The highest BCUT2D eigenvalue weighted by molar-refractivity contribution is 5.70. The second-order valence-corrected chi connectivity index (χ2v) is 5.09. The Morgan fingerprint density at radius 2 is 1.94 bits per heavy atom. The maximum atomic E-state index is 5.87. The lowest BCUT2D eigenvalue weighted by molar-refractivity contribution is 0.231. The predicted octanol–water partition coefficient (Wildman–Crippen LogP) is 1.14. The molecule has 0 radical (unpaired) electrons. The fourth-order valence-corrected chi connectivity index (χ4v) is 2.98. The van der Waals surface area contributed by atoms with Crippen LogP contribution < -0.4 is 16.4 Å². The molecule has 2 heterocycles. The molecule has 0 aliphatic carbocycles. The number of rotatable bonds is 1. The highest BCUT2D eigenvalue weighted by Gasteiger charge is 2.30. The van der Waals surface area contributed by atoms with Crippen molar-refractivity contribution in [2.75, 3.05) is 42.5 Å². The maximum Gasteiger partial charge on any atom is 0.0568 e. The van der Waals surface area contributed by atoms with Crippen molar-refractivity contribution in [2.45, 2.75) is 18.9 Å². The molecule has 0 saturated carbocycles. The molecule has 1 unspecified atom stereocenters. The normalized spacial score (nSPS) is 24.9. The van der Waals surface area contributed by atoms with E-state index >= 15 is 0 Å². The fraction of sp³-hybridized carbons (Fsp3) is 0.538. The number of hydrogen-bond donors (Lipinski definition) is 2. The van der Waals surface area contributed by atoms with Crippen molar-refractivity contribution in [1.29, 1.82) is 0 Å². The summed E-state index contributed by atoms with van der Waals surface area (Å²) >= 11 is 0. The Balaban J connectivity index is 1.78. The number of nitrogen functional groups attached to an aromatic ring is 2. The van der Waals surface area contributed by atoms with E-state index in [2.05, 4.69) is 15.9 Å². The second kappa shape index (κ2) is 4.11. The Morgan fingerprint density at radius 1 is 1.06 bits per heavy atom. The third-order valence-electron chi connectivity index (χ3n) is 4.02. The summed E-state index contributed by atoms with van der Waals surface area (Å²) in [5, 5.41) is 0. The Morgan fingerprint density at radius 3 is 2.76 bits per heavy atom. The van der Waals surface area contributed by atoms with E-state index in [1.807, 2.05) is 12.1 Å². The molecule has 3 rings (SSSR count). The third-order valence-corrected chi connectivity index (χ3v) is 4.02. The van der Waals surface area contributed by atoms with Gasteiger partial charge < -0.3 is 16.4 Å². The average Bonchev–Trinajstić information content (AvgIpc) is 2.79. The van der Waals surface area contributed by atoms with Crippen LogP contribution in [-0.4, -0.2) is 37.1 Å². The summed E-state index contributed by atoms with van der Waals surface area (Å²) in [7, 11) is 0. The number of anilines is 3. The van der Waals surface area contributed by atoms with Crippen molar-refractivity contribution >= 4 is 17.1 Å². The van der Waals surface area contributed by atoms with Gasteiger partial charge in [0, 0.05) is 31.4 Å². The first-order chi connectivity index (χ1) is 8.24. The number of nitrogens with two attached hydrogens (primary N) is 2. The number of piperazine rings is 1. The van der Waals surface area contributed by atoms with Crippen LogP contribution in [0.2, 0.25) is 0 Å². The molecule has 2 saturated heterocycles. The molecule has 0 spiro atoms. The van der Waals surface area contributed by atoms with Crippen LogP contribution in [0.3, 0.4) is 0 Å². The van der Waals surface area contributed by atoms with Crippen molar-refractivity contribution < 1.29 is 0 Å². The zero-order chi connectivity index (χ0) is 11.8. The number of benzene rings is 1. The summed E-state index contributed by atoms with van der Waals surface area (Å²) in [5.41, 5.74) is 14.2. The number of nitrogens with zero attached hydrogens (tertiary/aromatic N) is 2. The molecule has 0 aromatic heterocycles. The van der Waals surface area contributed by atoms with Crippen LogP contribution in [0.5, 0.6) is 0 Å². The molecule has 1 aromatic carbocycles. The Hall–Kier alpha value is -1.42. The van der Waals surface area contributed by atoms with Crippen LogP contribution in [0, 0.1) is 0 Å². The van der Waals surface area contributed by atoms with Gasteiger partial charge >= 0.3 is 0 Å². The van der Waals surface area contributed by atoms with Crippen molar-refractivity contribution in [3.05, 3.63) is 18.2 Å². The molecular weight excluding hydrogens is 212 g/mol. The smallest absolute Gasteiger partial charge is 0.0568 e. The Labute approximate surface area is 102 Å². The van der Waals surface area contributed by atoms with Gasteiger partial charge in [0.1, 0.15) is 0 Å². The van der Waals surface area contributed by atoms with Gasteiger partial charge in [0.25, 0.3) is 0 Å². The molecule has 1 atom stereocenters. The zero-order valence-electron chi connectivity index (χ0n) is 10.1. The number of hydrogen-bond acceptors (Lipinski definition) is 4. The van der Waals surface area contributed by atoms with Gasteiger partial charge in [-0.25, -0.2) is 0 Å². The van der Waals surface area contributed by atoms with Gasteiger partial charge in [0.2, 0.25) is 0 Å². The van der Waals surface area contributed by atoms with Crippen LogP contribution in [0.1, 0.15) is 12.8 Å². The van der Waals surface area contributed by atoms with E-state index < -0.39 is 0 Å². The monoisotopic (exact) mass is 232 g/mol. The highest BCUT2D eigenvalue weighted by atomic mass is 15.3. The topological polar surface area (TPSA) is 58.5 Å². The minimum atomic E-state index is 0.674. The Kier molecular flexibility index (Phi) is 2.59. The van der Waals surface area contributed by atoms with Gasteiger partial charge in [0.15, 0.2) is 0 Å². The van der Waals surface area contributed by atoms with E-state index in [0.29, 0.717) is 11.4 Å². The summed E-state index contributed by atoms with van der Waals surface area (Å²) in [4.78, 5) is 5.04. The van der Waals surface area contributed by atoms with E-state index in [9.17, 15) is 0 Å². The van der Waals surface area contributed by atoms with E-state index in [1.165, 1.54) is 31.6 Å². The summed E-state index contributed by atoms with van der Waals surface area (Å²) in [5.74, 6) is 0. The van der Waals surface area contributed by atoms with E-state index in [0.717, 1.165) is 19.1 Å². The molecule has 4 N–H and O–H groups in total. The van der Waals surface area contributed by atoms with Crippen LogP contribution in [0.25, 0.3) is 0 Å². The van der Waals surface area contributed by atoms with Gasteiger partial charge in [-0.05, 0) is 37.6 Å². The first-order valence-electron chi connectivity index (χ1n) is 6.38. The molecular formula is C13H20N4. The van der Waals surface area contributed by atoms with Crippen LogP contribution in [-0.2, 0) is 0 Å². The average molecular weight is 232 g/mol. The third kappa shape index (κ3) is 1.93. The SMILES string of the molecule is Nc1ccc(N2CCN3CCCC3C2)cc1N. The maximum absolute atomic E-state index is 5.87. The summed E-state index contributed by atoms with van der Waals surface area (Å²) in [6, 6.07) is 6.73. The van der Waals surface area contributed by atoms with Crippen molar-refractivity contribution in [3.63, 3.8) is 0 Å². The molecule has 0 amide bonds. The lowest BCUT2D eigenvalue weighted by Gasteiger charge is -2.39. The van der Waals surface area contributed by atoms with E-state index in [1.54, 1.807) is 0 Å².